The summed E-state index contributed by atoms with van der Waals surface area (Å²) in [7, 11) is -3.85. The predicted molar refractivity (Wildman–Crippen MR) is 121 cm³/mol. The molecule has 0 bridgehead atoms. The molecule has 0 atom stereocenters. The number of hydrogen-bond acceptors (Lipinski definition) is 4. The van der Waals surface area contributed by atoms with Crippen LogP contribution >= 0.6 is 0 Å². The smallest absolute Gasteiger partial charge is 0.261 e. The normalized spacial score (nSPS) is 10.5. The highest BCUT2D eigenvalue weighted by atomic mass is 32.2. The molecule has 0 fully saturated rings. The molecule has 0 radical (unpaired) electrons. The Morgan fingerprint density at radius 2 is 1.71 bits per heavy atom. The van der Waals surface area contributed by atoms with Gasteiger partial charge in [0.15, 0.2) is 0 Å². The van der Waals surface area contributed by atoms with Crippen LogP contribution in [0.4, 0.5) is 5.69 Å². The summed E-state index contributed by atoms with van der Waals surface area (Å²) < 4.78 is 33.3. The van der Waals surface area contributed by atoms with Crippen molar-refractivity contribution < 1.29 is 17.9 Å². The van der Waals surface area contributed by atoms with E-state index < -0.39 is 15.9 Å². The van der Waals surface area contributed by atoms with Crippen LogP contribution in [0.5, 0.6) is 5.75 Å². The predicted octanol–water partition coefficient (Wildman–Crippen LogP) is 3.67. The fraction of sp³-hybridized carbons (Fsp3) is 0.125. The molecule has 0 heterocycles. The molecule has 0 saturated carbocycles. The van der Waals surface area contributed by atoms with E-state index >= 15 is 0 Å². The minimum atomic E-state index is -3.85. The Morgan fingerprint density at radius 1 is 0.968 bits per heavy atom. The molecule has 158 valence electrons. The van der Waals surface area contributed by atoms with Crippen molar-refractivity contribution in [3.05, 3.63) is 90.0 Å². The highest BCUT2D eigenvalue weighted by Crippen LogP contribution is 2.20. The molecular weight excluding hydrogens is 412 g/mol. The van der Waals surface area contributed by atoms with Crippen molar-refractivity contribution in [2.45, 2.75) is 11.8 Å². The zero-order chi connectivity index (χ0) is 22.1. The standard InChI is InChI=1S/C24H22N2O4S/c1-2-30-22-15-13-21(14-16-22)26-31(28,29)23-12-6-11-20(18-23)24(27)25-17-7-10-19-8-4-3-5-9-19/h3-6,8-9,11-16,18,26H,2,17H2,1H3,(H,25,27). The molecule has 7 heteroatoms. The first-order valence-electron chi connectivity index (χ1n) is 9.66. The molecular formula is C24H22N2O4S. The summed E-state index contributed by atoms with van der Waals surface area (Å²) in [5.74, 6) is 6.07. The summed E-state index contributed by atoms with van der Waals surface area (Å²) in [6.45, 7) is 2.54. The van der Waals surface area contributed by atoms with Gasteiger partial charge in [0.1, 0.15) is 5.75 Å². The minimum Gasteiger partial charge on any atom is -0.494 e. The van der Waals surface area contributed by atoms with E-state index in [1.54, 1.807) is 30.3 Å². The number of hydrogen-bond donors (Lipinski definition) is 2. The Morgan fingerprint density at radius 3 is 2.42 bits per heavy atom. The van der Waals surface area contributed by atoms with Crippen molar-refractivity contribution in [2.24, 2.45) is 0 Å². The van der Waals surface area contributed by atoms with E-state index in [4.69, 9.17) is 4.74 Å². The minimum absolute atomic E-state index is 0.00981. The van der Waals surface area contributed by atoms with Crippen LogP contribution in [0.15, 0.2) is 83.8 Å². The Bertz CT molecular complexity index is 1200. The van der Waals surface area contributed by atoms with E-state index in [-0.39, 0.29) is 17.0 Å². The number of benzene rings is 3. The lowest BCUT2D eigenvalue weighted by Gasteiger charge is -2.10. The van der Waals surface area contributed by atoms with E-state index in [0.29, 0.717) is 18.0 Å². The molecule has 0 aliphatic carbocycles. The number of sulfonamides is 1. The Hall–Kier alpha value is -3.76. The topological polar surface area (TPSA) is 84.5 Å². The molecule has 6 nitrogen and oxygen atoms in total. The fourth-order valence-electron chi connectivity index (χ4n) is 2.70. The molecule has 31 heavy (non-hydrogen) atoms. The van der Waals surface area contributed by atoms with Gasteiger partial charge < -0.3 is 10.1 Å². The number of rotatable bonds is 7. The highest BCUT2D eigenvalue weighted by molar-refractivity contribution is 7.92. The van der Waals surface area contributed by atoms with Crippen LogP contribution in [0.3, 0.4) is 0 Å². The Balaban J connectivity index is 1.65. The average molecular weight is 435 g/mol. The first kappa shape index (κ1) is 21.9. The average Bonchev–Trinajstić information content (AvgIpc) is 2.79. The summed E-state index contributed by atoms with van der Waals surface area (Å²) in [6, 6.07) is 21.9. The summed E-state index contributed by atoms with van der Waals surface area (Å²) >= 11 is 0. The van der Waals surface area contributed by atoms with Crippen molar-refractivity contribution in [3.63, 3.8) is 0 Å². The molecule has 3 aromatic carbocycles. The third kappa shape index (κ3) is 6.36. The third-order valence-electron chi connectivity index (χ3n) is 4.17. The zero-order valence-corrected chi connectivity index (χ0v) is 17.8. The van der Waals surface area contributed by atoms with Crippen LogP contribution in [0, 0.1) is 11.8 Å². The number of amides is 1. The SMILES string of the molecule is CCOc1ccc(NS(=O)(=O)c2cccc(C(=O)NCC#Cc3ccccc3)c2)cc1. The lowest BCUT2D eigenvalue weighted by atomic mass is 10.2. The summed E-state index contributed by atoms with van der Waals surface area (Å²) in [5, 5.41) is 2.67. The number of nitrogens with one attached hydrogen (secondary N) is 2. The molecule has 3 aromatic rings. The van der Waals surface area contributed by atoms with Crippen LogP contribution in [-0.4, -0.2) is 27.5 Å². The van der Waals surface area contributed by atoms with Crippen LogP contribution in [0.2, 0.25) is 0 Å². The number of carbonyl (C=O) groups is 1. The molecule has 0 aliphatic heterocycles. The van der Waals surface area contributed by atoms with E-state index in [0.717, 1.165) is 5.56 Å². The van der Waals surface area contributed by atoms with Crippen LogP contribution in [-0.2, 0) is 10.0 Å². The van der Waals surface area contributed by atoms with Gasteiger partial charge in [0.25, 0.3) is 15.9 Å². The lowest BCUT2D eigenvalue weighted by molar-refractivity contribution is 0.0958. The molecule has 0 spiro atoms. The van der Waals surface area contributed by atoms with Gasteiger partial charge in [-0.1, -0.05) is 36.1 Å². The van der Waals surface area contributed by atoms with Crippen molar-refractivity contribution in [3.8, 4) is 17.6 Å². The molecule has 2 N–H and O–H groups in total. The Kier molecular flexibility index (Phi) is 7.31. The van der Waals surface area contributed by atoms with Crippen molar-refractivity contribution in [1.29, 1.82) is 0 Å². The summed E-state index contributed by atoms with van der Waals surface area (Å²) in [5.41, 5.74) is 1.48. The van der Waals surface area contributed by atoms with Gasteiger partial charge >= 0.3 is 0 Å². The van der Waals surface area contributed by atoms with E-state index in [2.05, 4.69) is 21.9 Å². The molecule has 3 rings (SSSR count). The van der Waals surface area contributed by atoms with Gasteiger partial charge in [-0.25, -0.2) is 8.42 Å². The summed E-state index contributed by atoms with van der Waals surface area (Å²) in [4.78, 5) is 12.4. The monoisotopic (exact) mass is 434 g/mol. The van der Waals surface area contributed by atoms with Crippen molar-refractivity contribution in [1.82, 2.24) is 5.32 Å². The van der Waals surface area contributed by atoms with Gasteiger partial charge in [-0.05, 0) is 61.5 Å². The zero-order valence-electron chi connectivity index (χ0n) is 17.0. The first-order chi connectivity index (χ1) is 15.0. The Labute approximate surface area is 182 Å². The highest BCUT2D eigenvalue weighted by Gasteiger charge is 2.16. The quantitative estimate of drug-likeness (QED) is 0.556. The van der Waals surface area contributed by atoms with Crippen molar-refractivity contribution in [2.75, 3.05) is 17.9 Å². The molecule has 0 unspecified atom stereocenters. The van der Waals surface area contributed by atoms with Gasteiger partial charge in [0.05, 0.1) is 18.0 Å². The third-order valence-corrected chi connectivity index (χ3v) is 5.55. The molecule has 0 aromatic heterocycles. The maximum absolute atomic E-state index is 12.7. The van der Waals surface area contributed by atoms with Crippen LogP contribution in [0.25, 0.3) is 0 Å². The lowest BCUT2D eigenvalue weighted by Crippen LogP contribution is -2.24. The van der Waals surface area contributed by atoms with Gasteiger partial charge in [-0.2, -0.15) is 0 Å². The van der Waals surface area contributed by atoms with Gasteiger partial charge in [-0.3, -0.25) is 9.52 Å². The maximum Gasteiger partial charge on any atom is 0.261 e. The first-order valence-corrected chi connectivity index (χ1v) is 11.1. The number of anilines is 1. The number of ether oxygens (including phenoxy) is 1. The second-order valence-corrected chi connectivity index (χ2v) is 8.12. The van der Waals surface area contributed by atoms with Crippen LogP contribution in [0.1, 0.15) is 22.8 Å². The summed E-state index contributed by atoms with van der Waals surface area (Å²) in [6.07, 6.45) is 0. The van der Waals surface area contributed by atoms with E-state index in [1.165, 1.54) is 18.2 Å². The van der Waals surface area contributed by atoms with Gasteiger partial charge in [0.2, 0.25) is 0 Å². The molecule has 0 aliphatic rings. The van der Waals surface area contributed by atoms with Gasteiger partial charge in [0, 0.05) is 16.8 Å². The largest absolute Gasteiger partial charge is 0.494 e. The molecule has 1 amide bonds. The van der Waals surface area contributed by atoms with Crippen molar-refractivity contribution >= 4 is 21.6 Å². The van der Waals surface area contributed by atoms with Gasteiger partial charge in [-0.15, -0.1) is 0 Å². The second kappa shape index (κ2) is 10.3. The number of carbonyl (C=O) groups excluding carboxylic acids is 1. The maximum atomic E-state index is 12.7. The van der Waals surface area contributed by atoms with E-state index in [9.17, 15) is 13.2 Å². The fourth-order valence-corrected chi connectivity index (χ4v) is 3.80. The second-order valence-electron chi connectivity index (χ2n) is 6.44. The van der Waals surface area contributed by atoms with Crippen LogP contribution < -0.4 is 14.8 Å². The van der Waals surface area contributed by atoms with E-state index in [1.807, 2.05) is 37.3 Å². The molecule has 0 saturated heterocycles.